The molecule has 1 unspecified atom stereocenters. The molecule has 34 heavy (non-hydrogen) atoms. The maximum absolute atomic E-state index is 13.6. The average molecular weight is 459 g/mol. The van der Waals surface area contributed by atoms with E-state index in [1.165, 1.54) is 0 Å². The minimum Gasteiger partial charge on any atom is -0.497 e. The van der Waals surface area contributed by atoms with Gasteiger partial charge >= 0.3 is 0 Å². The lowest BCUT2D eigenvalue weighted by Crippen LogP contribution is -2.62. The number of hydrogen-bond donors (Lipinski definition) is 1. The number of benzene rings is 3. The molecule has 4 rings (SSSR count). The van der Waals surface area contributed by atoms with Gasteiger partial charge in [-0.05, 0) is 60.9 Å². The van der Waals surface area contributed by atoms with Crippen molar-refractivity contribution in [1.29, 1.82) is 0 Å². The van der Waals surface area contributed by atoms with E-state index < -0.39 is 5.54 Å². The molecular formula is C28H30N2O4. The van der Waals surface area contributed by atoms with E-state index in [1.54, 1.807) is 12.0 Å². The van der Waals surface area contributed by atoms with Crippen molar-refractivity contribution in [3.63, 3.8) is 0 Å². The summed E-state index contributed by atoms with van der Waals surface area (Å²) in [6.45, 7) is 5.07. The third-order valence-corrected chi connectivity index (χ3v) is 6.30. The van der Waals surface area contributed by atoms with Crippen molar-refractivity contribution >= 4 is 11.8 Å². The summed E-state index contributed by atoms with van der Waals surface area (Å²) in [6, 6.07) is 22.7. The fourth-order valence-corrected chi connectivity index (χ4v) is 4.32. The van der Waals surface area contributed by atoms with Crippen LogP contribution >= 0.6 is 0 Å². The summed E-state index contributed by atoms with van der Waals surface area (Å²) < 4.78 is 10.7. The van der Waals surface area contributed by atoms with Gasteiger partial charge in [0.05, 0.1) is 13.7 Å². The first-order chi connectivity index (χ1) is 16.4. The molecule has 1 aliphatic heterocycles. The number of carbonyl (C=O) groups excluding carboxylic acids is 2. The van der Waals surface area contributed by atoms with Gasteiger partial charge in [0.1, 0.15) is 17.0 Å². The van der Waals surface area contributed by atoms with E-state index >= 15 is 0 Å². The standard InChI is InChI=1S/C28H30N2O4/c1-4-34-24-15-11-21(12-16-24)19-30-26(31)25-8-6-5-7-22(25)17-28(30,2)27(32)29-18-20-9-13-23(33-3)14-10-20/h5-16H,4,17-19H2,1-3H3,(H,29,32). The normalized spacial score (nSPS) is 17.1. The highest BCUT2D eigenvalue weighted by atomic mass is 16.5. The Balaban J connectivity index is 1.59. The van der Waals surface area contributed by atoms with Gasteiger partial charge < -0.3 is 19.7 Å². The van der Waals surface area contributed by atoms with Gasteiger partial charge in [-0.15, -0.1) is 0 Å². The van der Waals surface area contributed by atoms with Crippen molar-refractivity contribution in [1.82, 2.24) is 10.2 Å². The molecule has 6 heteroatoms. The smallest absolute Gasteiger partial charge is 0.255 e. The van der Waals surface area contributed by atoms with Crippen LogP contribution in [0.15, 0.2) is 72.8 Å². The van der Waals surface area contributed by atoms with E-state index in [0.717, 1.165) is 28.2 Å². The molecule has 176 valence electrons. The molecule has 0 saturated heterocycles. The first-order valence-electron chi connectivity index (χ1n) is 11.5. The molecule has 1 aliphatic rings. The highest BCUT2D eigenvalue weighted by Crippen LogP contribution is 2.33. The number of fused-ring (bicyclic) bond motifs is 1. The molecule has 0 spiro atoms. The molecule has 0 bridgehead atoms. The lowest BCUT2D eigenvalue weighted by molar-refractivity contribution is -0.132. The maximum atomic E-state index is 13.6. The van der Waals surface area contributed by atoms with Crippen LogP contribution in [0.25, 0.3) is 0 Å². The number of ether oxygens (including phenoxy) is 2. The Hall–Kier alpha value is -3.80. The first-order valence-corrected chi connectivity index (χ1v) is 11.5. The van der Waals surface area contributed by atoms with Crippen LogP contribution in [-0.2, 0) is 24.3 Å². The first kappa shape index (κ1) is 23.4. The number of amides is 2. The van der Waals surface area contributed by atoms with Gasteiger partial charge in [0.25, 0.3) is 5.91 Å². The number of nitrogens with zero attached hydrogens (tertiary/aromatic N) is 1. The second-order valence-corrected chi connectivity index (χ2v) is 8.61. The predicted octanol–water partition coefficient (Wildman–Crippen LogP) is 4.37. The highest BCUT2D eigenvalue weighted by Gasteiger charge is 2.46. The number of methoxy groups -OCH3 is 1. The lowest BCUT2D eigenvalue weighted by atomic mass is 9.82. The Morgan fingerprint density at radius 2 is 1.62 bits per heavy atom. The molecule has 0 saturated carbocycles. The number of rotatable bonds is 8. The molecular weight excluding hydrogens is 428 g/mol. The molecule has 0 radical (unpaired) electrons. The van der Waals surface area contributed by atoms with Crippen LogP contribution in [0.5, 0.6) is 11.5 Å². The van der Waals surface area contributed by atoms with Crippen LogP contribution < -0.4 is 14.8 Å². The maximum Gasteiger partial charge on any atom is 0.255 e. The van der Waals surface area contributed by atoms with Crippen molar-refractivity contribution in [2.45, 2.75) is 38.9 Å². The summed E-state index contributed by atoms with van der Waals surface area (Å²) in [5.74, 6) is 1.22. The van der Waals surface area contributed by atoms with Crippen LogP contribution in [0, 0.1) is 0 Å². The molecule has 1 N–H and O–H groups in total. The summed E-state index contributed by atoms with van der Waals surface area (Å²) >= 11 is 0. The van der Waals surface area contributed by atoms with E-state index in [0.29, 0.717) is 31.7 Å². The summed E-state index contributed by atoms with van der Waals surface area (Å²) in [5.41, 5.74) is 2.39. The van der Waals surface area contributed by atoms with Crippen LogP contribution in [0.2, 0.25) is 0 Å². The van der Waals surface area contributed by atoms with E-state index in [9.17, 15) is 9.59 Å². The van der Waals surface area contributed by atoms with Gasteiger partial charge in [-0.3, -0.25) is 9.59 Å². The van der Waals surface area contributed by atoms with Crippen molar-refractivity contribution in [3.8, 4) is 11.5 Å². The molecule has 0 aliphatic carbocycles. The largest absolute Gasteiger partial charge is 0.497 e. The minimum absolute atomic E-state index is 0.141. The van der Waals surface area contributed by atoms with Gasteiger partial charge in [-0.1, -0.05) is 42.5 Å². The molecule has 0 fully saturated rings. The number of hydrogen-bond acceptors (Lipinski definition) is 4. The van der Waals surface area contributed by atoms with Crippen LogP contribution in [0.4, 0.5) is 0 Å². The fraction of sp³-hybridized carbons (Fsp3) is 0.286. The molecule has 2 amide bonds. The third kappa shape index (κ3) is 4.76. The van der Waals surface area contributed by atoms with Gasteiger partial charge in [0.15, 0.2) is 0 Å². The predicted molar refractivity (Wildman–Crippen MR) is 131 cm³/mol. The Kier molecular flexibility index (Phi) is 6.87. The van der Waals surface area contributed by atoms with E-state index in [2.05, 4.69) is 5.32 Å². The summed E-state index contributed by atoms with van der Waals surface area (Å²) in [4.78, 5) is 28.8. The zero-order chi connectivity index (χ0) is 24.1. The molecule has 1 heterocycles. The number of carbonyl (C=O) groups is 2. The Bertz CT molecular complexity index is 1160. The van der Waals surface area contributed by atoms with E-state index in [-0.39, 0.29) is 11.8 Å². The number of nitrogens with one attached hydrogen (secondary N) is 1. The zero-order valence-electron chi connectivity index (χ0n) is 19.8. The third-order valence-electron chi connectivity index (χ3n) is 6.30. The SMILES string of the molecule is CCOc1ccc(CN2C(=O)c3ccccc3CC2(C)C(=O)NCc2ccc(OC)cc2)cc1. The Labute approximate surface area is 200 Å². The van der Waals surface area contributed by atoms with Crippen LogP contribution in [-0.4, -0.2) is 36.0 Å². The average Bonchev–Trinajstić information content (AvgIpc) is 2.86. The molecule has 6 nitrogen and oxygen atoms in total. The fourth-order valence-electron chi connectivity index (χ4n) is 4.32. The topological polar surface area (TPSA) is 67.9 Å². The second kappa shape index (κ2) is 10.00. The lowest BCUT2D eigenvalue weighted by Gasteiger charge is -2.44. The zero-order valence-corrected chi connectivity index (χ0v) is 19.8. The van der Waals surface area contributed by atoms with Crippen LogP contribution in [0.3, 0.4) is 0 Å². The summed E-state index contributed by atoms with van der Waals surface area (Å²) in [7, 11) is 1.62. The second-order valence-electron chi connectivity index (χ2n) is 8.61. The Morgan fingerprint density at radius 3 is 2.29 bits per heavy atom. The highest BCUT2D eigenvalue weighted by molar-refractivity contribution is 6.02. The molecule has 1 atom stereocenters. The molecule has 3 aromatic rings. The minimum atomic E-state index is -1.03. The van der Waals surface area contributed by atoms with Crippen molar-refractivity contribution < 1.29 is 19.1 Å². The van der Waals surface area contributed by atoms with Crippen molar-refractivity contribution in [3.05, 3.63) is 95.1 Å². The van der Waals surface area contributed by atoms with Gasteiger partial charge in [0.2, 0.25) is 5.91 Å². The van der Waals surface area contributed by atoms with E-state index in [1.807, 2.05) is 86.6 Å². The van der Waals surface area contributed by atoms with Gasteiger partial charge in [-0.25, -0.2) is 0 Å². The van der Waals surface area contributed by atoms with E-state index in [4.69, 9.17) is 9.47 Å². The van der Waals surface area contributed by atoms with Crippen LogP contribution in [0.1, 0.15) is 40.9 Å². The van der Waals surface area contributed by atoms with Crippen molar-refractivity contribution in [2.75, 3.05) is 13.7 Å². The summed E-state index contributed by atoms with van der Waals surface area (Å²) in [5, 5.41) is 3.05. The van der Waals surface area contributed by atoms with Gasteiger partial charge in [-0.2, -0.15) is 0 Å². The Morgan fingerprint density at radius 1 is 0.971 bits per heavy atom. The monoisotopic (exact) mass is 458 g/mol. The van der Waals surface area contributed by atoms with Crippen molar-refractivity contribution in [2.24, 2.45) is 0 Å². The quantitative estimate of drug-likeness (QED) is 0.544. The van der Waals surface area contributed by atoms with Gasteiger partial charge in [0, 0.05) is 25.1 Å². The molecule has 3 aromatic carbocycles. The summed E-state index contributed by atoms with van der Waals surface area (Å²) in [6.07, 6.45) is 0.445. The molecule has 0 aromatic heterocycles.